The smallest absolute Gasteiger partial charge is 0.406 e. The quantitative estimate of drug-likeness (QED) is 0.506. The number of esters is 1. The Kier molecular flexibility index (Phi) is 7.06. The summed E-state index contributed by atoms with van der Waals surface area (Å²) >= 11 is 0.986. The molecule has 0 atom stereocenters. The molecule has 1 fully saturated rings. The molecule has 1 aromatic heterocycles. The van der Waals surface area contributed by atoms with Crippen molar-refractivity contribution in [3.63, 3.8) is 0 Å². The minimum atomic E-state index is -4.42. The van der Waals surface area contributed by atoms with E-state index < -0.39 is 12.7 Å². The van der Waals surface area contributed by atoms with Gasteiger partial charge in [0.25, 0.3) is 0 Å². The number of carbonyl (C=O) groups is 2. The normalized spacial score (nSPS) is 15.3. The Balaban J connectivity index is 1.67. The van der Waals surface area contributed by atoms with Crippen LogP contribution < -0.4 is 0 Å². The number of rotatable bonds is 6. The Morgan fingerprint density at radius 2 is 1.87 bits per heavy atom. The lowest BCUT2D eigenvalue weighted by Gasteiger charge is -2.30. The number of aromatic nitrogens is 2. The molecule has 1 aliphatic heterocycles. The number of alkyl halides is 3. The van der Waals surface area contributed by atoms with Gasteiger partial charge in [0.15, 0.2) is 5.16 Å². The van der Waals surface area contributed by atoms with Crippen LogP contribution in [0.4, 0.5) is 13.2 Å². The van der Waals surface area contributed by atoms with E-state index in [4.69, 9.17) is 4.74 Å². The first-order valence-corrected chi connectivity index (χ1v) is 10.4. The maximum absolute atomic E-state index is 13.1. The minimum Gasteiger partial charge on any atom is -0.469 e. The van der Waals surface area contributed by atoms with Gasteiger partial charge < -0.3 is 14.2 Å². The highest BCUT2D eigenvalue weighted by Crippen LogP contribution is 2.30. The molecular formula is C20H22F3N3O3S. The van der Waals surface area contributed by atoms with Crippen LogP contribution in [0.1, 0.15) is 12.8 Å². The van der Waals surface area contributed by atoms with Crippen LogP contribution >= 0.6 is 11.8 Å². The van der Waals surface area contributed by atoms with Crippen LogP contribution in [-0.2, 0) is 20.9 Å². The van der Waals surface area contributed by atoms with Gasteiger partial charge in [0.05, 0.1) is 30.7 Å². The molecule has 1 aliphatic rings. The third-order valence-electron chi connectivity index (χ3n) is 4.93. The summed E-state index contributed by atoms with van der Waals surface area (Å²) in [4.78, 5) is 29.9. The predicted octanol–water partition coefficient (Wildman–Crippen LogP) is 3.62. The molecule has 1 aromatic carbocycles. The second kappa shape index (κ2) is 9.55. The van der Waals surface area contributed by atoms with Crippen molar-refractivity contribution in [2.75, 3.05) is 26.0 Å². The van der Waals surface area contributed by atoms with Crippen molar-refractivity contribution in [1.29, 1.82) is 0 Å². The van der Waals surface area contributed by atoms with Crippen molar-refractivity contribution in [1.82, 2.24) is 14.5 Å². The number of benzene rings is 1. The molecule has 1 amide bonds. The first kappa shape index (κ1) is 22.2. The molecule has 3 rings (SSSR count). The molecule has 1 saturated heterocycles. The zero-order chi connectivity index (χ0) is 21.7. The summed E-state index contributed by atoms with van der Waals surface area (Å²) < 4.78 is 45.3. The number of amides is 1. The highest BCUT2D eigenvalue weighted by Gasteiger charge is 2.32. The van der Waals surface area contributed by atoms with Crippen LogP contribution in [0.15, 0.2) is 41.7 Å². The first-order chi connectivity index (χ1) is 14.3. The average molecular weight is 441 g/mol. The van der Waals surface area contributed by atoms with Crippen LogP contribution in [0.3, 0.4) is 0 Å². The molecule has 30 heavy (non-hydrogen) atoms. The van der Waals surface area contributed by atoms with Gasteiger partial charge in [0, 0.05) is 13.1 Å². The summed E-state index contributed by atoms with van der Waals surface area (Å²) in [7, 11) is 1.34. The largest absolute Gasteiger partial charge is 0.469 e. The summed E-state index contributed by atoms with van der Waals surface area (Å²) in [5, 5.41) is 0.143. The fourth-order valence-corrected chi connectivity index (χ4v) is 4.28. The fourth-order valence-electron chi connectivity index (χ4n) is 3.39. The van der Waals surface area contributed by atoms with Gasteiger partial charge in [-0.15, -0.1) is 0 Å². The number of imidazole rings is 1. The van der Waals surface area contributed by atoms with Crippen molar-refractivity contribution in [3.05, 3.63) is 36.5 Å². The number of hydrogen-bond acceptors (Lipinski definition) is 5. The van der Waals surface area contributed by atoms with Crippen molar-refractivity contribution in [2.45, 2.75) is 30.7 Å². The van der Waals surface area contributed by atoms with Crippen LogP contribution in [0.25, 0.3) is 11.3 Å². The van der Waals surface area contributed by atoms with Crippen molar-refractivity contribution in [2.24, 2.45) is 5.92 Å². The molecule has 0 N–H and O–H groups in total. The number of carbonyl (C=O) groups excluding carboxylic acids is 2. The van der Waals surface area contributed by atoms with E-state index >= 15 is 0 Å². The van der Waals surface area contributed by atoms with Crippen molar-refractivity contribution < 1.29 is 27.5 Å². The van der Waals surface area contributed by atoms with E-state index in [-0.39, 0.29) is 28.7 Å². The summed E-state index contributed by atoms with van der Waals surface area (Å²) in [5.41, 5.74) is 0.971. The lowest BCUT2D eigenvalue weighted by Crippen LogP contribution is -2.41. The van der Waals surface area contributed by atoms with Gasteiger partial charge in [-0.25, -0.2) is 4.98 Å². The molecule has 0 radical (unpaired) electrons. The minimum absolute atomic E-state index is 0.0218. The summed E-state index contributed by atoms with van der Waals surface area (Å²) in [6.07, 6.45) is -1.98. The molecule has 2 heterocycles. The molecule has 6 nitrogen and oxygen atoms in total. The van der Waals surface area contributed by atoms with Gasteiger partial charge in [-0.3, -0.25) is 9.59 Å². The molecule has 0 aliphatic carbocycles. The molecule has 0 unspecified atom stereocenters. The third kappa shape index (κ3) is 5.56. The third-order valence-corrected chi connectivity index (χ3v) is 5.91. The number of thioether (sulfide) groups is 1. The van der Waals surface area contributed by atoms with E-state index in [2.05, 4.69) is 4.98 Å². The van der Waals surface area contributed by atoms with Crippen LogP contribution in [0, 0.1) is 5.92 Å². The first-order valence-electron chi connectivity index (χ1n) is 9.44. The summed E-state index contributed by atoms with van der Waals surface area (Å²) in [6, 6.07) is 8.71. The van der Waals surface area contributed by atoms with Crippen LogP contribution in [0.2, 0.25) is 0 Å². The number of ether oxygens (including phenoxy) is 1. The highest BCUT2D eigenvalue weighted by molar-refractivity contribution is 7.99. The van der Waals surface area contributed by atoms with E-state index in [1.165, 1.54) is 13.3 Å². The van der Waals surface area contributed by atoms with Gasteiger partial charge in [-0.05, 0) is 18.4 Å². The van der Waals surface area contributed by atoms with Gasteiger partial charge >= 0.3 is 12.1 Å². The van der Waals surface area contributed by atoms with Crippen molar-refractivity contribution in [3.8, 4) is 11.3 Å². The summed E-state index contributed by atoms with van der Waals surface area (Å²) in [5.74, 6) is -0.706. The van der Waals surface area contributed by atoms with Crippen LogP contribution in [0.5, 0.6) is 0 Å². The zero-order valence-corrected chi connectivity index (χ0v) is 17.2. The fraction of sp³-hybridized carbons (Fsp3) is 0.450. The van der Waals surface area contributed by atoms with E-state index in [0.717, 1.165) is 16.3 Å². The number of nitrogens with zero attached hydrogens (tertiary/aromatic N) is 3. The van der Waals surface area contributed by atoms with Gasteiger partial charge in [0.1, 0.15) is 6.54 Å². The number of piperidine rings is 1. The standard InChI is InChI=1S/C20H22F3N3O3S/c1-29-18(28)15-7-9-25(10-8-15)17(27)12-30-19-24-11-16(14-5-3-2-4-6-14)26(19)13-20(21,22)23/h2-6,11,15H,7-10,12-13H2,1H3. The predicted molar refractivity (Wildman–Crippen MR) is 106 cm³/mol. The second-order valence-electron chi connectivity index (χ2n) is 6.96. The molecule has 162 valence electrons. The lowest BCUT2D eigenvalue weighted by atomic mass is 9.97. The van der Waals surface area contributed by atoms with E-state index in [1.807, 2.05) is 0 Å². The molecular weight excluding hydrogens is 419 g/mol. The average Bonchev–Trinajstić information content (AvgIpc) is 3.12. The maximum Gasteiger partial charge on any atom is 0.406 e. The molecule has 0 saturated carbocycles. The topological polar surface area (TPSA) is 64.4 Å². The van der Waals surface area contributed by atoms with E-state index in [0.29, 0.717) is 37.2 Å². The Bertz CT molecular complexity index is 878. The Morgan fingerprint density at radius 1 is 1.20 bits per heavy atom. The highest BCUT2D eigenvalue weighted by atomic mass is 32.2. The Hall–Kier alpha value is -2.49. The van der Waals surface area contributed by atoms with Crippen LogP contribution in [-0.4, -0.2) is 58.5 Å². The summed E-state index contributed by atoms with van der Waals surface area (Å²) in [6.45, 7) is -0.338. The lowest BCUT2D eigenvalue weighted by molar-refractivity contribution is -0.148. The second-order valence-corrected chi connectivity index (χ2v) is 7.90. The van der Waals surface area contributed by atoms with Gasteiger partial charge in [-0.2, -0.15) is 13.2 Å². The number of methoxy groups -OCH3 is 1. The molecule has 0 spiro atoms. The van der Waals surface area contributed by atoms with Crippen molar-refractivity contribution >= 4 is 23.6 Å². The monoisotopic (exact) mass is 441 g/mol. The zero-order valence-electron chi connectivity index (χ0n) is 16.4. The van der Waals surface area contributed by atoms with E-state index in [9.17, 15) is 22.8 Å². The maximum atomic E-state index is 13.1. The molecule has 0 bridgehead atoms. The Labute approximate surface area is 176 Å². The van der Waals surface area contributed by atoms with Gasteiger partial charge in [-0.1, -0.05) is 42.1 Å². The number of hydrogen-bond donors (Lipinski definition) is 0. The molecule has 2 aromatic rings. The molecule has 10 heteroatoms. The number of halogens is 3. The van der Waals surface area contributed by atoms with E-state index in [1.54, 1.807) is 35.2 Å². The van der Waals surface area contributed by atoms with Gasteiger partial charge in [0.2, 0.25) is 5.91 Å². The Morgan fingerprint density at radius 3 is 2.47 bits per heavy atom. The number of likely N-dealkylation sites (tertiary alicyclic amines) is 1. The SMILES string of the molecule is COC(=O)C1CCN(C(=O)CSc2ncc(-c3ccccc3)n2CC(F)(F)F)CC1.